The Hall–Kier alpha value is -2.64. The summed E-state index contributed by atoms with van der Waals surface area (Å²) in [6.45, 7) is -0.599. The van der Waals surface area contributed by atoms with Crippen LogP contribution in [0.3, 0.4) is 0 Å². The molecular formula is C16H15O8P. The lowest BCUT2D eigenvalue weighted by atomic mass is 10.1. The molecule has 132 valence electrons. The van der Waals surface area contributed by atoms with Crippen molar-refractivity contribution in [1.82, 2.24) is 0 Å². The van der Waals surface area contributed by atoms with Crippen molar-refractivity contribution in [1.29, 1.82) is 0 Å². The molecule has 2 aromatic rings. The zero-order valence-corrected chi connectivity index (χ0v) is 13.7. The average Bonchev–Trinajstić information content (AvgIpc) is 2.52. The van der Waals surface area contributed by atoms with Crippen LogP contribution in [0.5, 0.6) is 17.2 Å². The van der Waals surface area contributed by atoms with E-state index in [-0.39, 0.29) is 17.1 Å². The van der Waals surface area contributed by atoms with Gasteiger partial charge in [-0.2, -0.15) is 0 Å². The number of allylic oxidation sites excluding steroid dienone is 1. The number of ether oxygens (including phenoxy) is 1. The van der Waals surface area contributed by atoms with Crippen LogP contribution in [-0.4, -0.2) is 32.6 Å². The van der Waals surface area contributed by atoms with Gasteiger partial charge in [0, 0.05) is 6.07 Å². The number of hydrogen-bond acceptors (Lipinski definition) is 6. The number of hydrogen-bond donors (Lipinski definition) is 4. The molecule has 2 rings (SSSR count). The number of phenolic OH excluding ortho intramolecular Hbond substituents is 2. The highest BCUT2D eigenvalue weighted by atomic mass is 31.2. The van der Waals surface area contributed by atoms with E-state index in [0.717, 1.165) is 6.07 Å². The van der Waals surface area contributed by atoms with Gasteiger partial charge in [0.2, 0.25) is 0 Å². The average molecular weight is 366 g/mol. The third kappa shape index (κ3) is 6.06. The Morgan fingerprint density at radius 3 is 2.36 bits per heavy atom. The monoisotopic (exact) mass is 366 g/mol. The SMILES string of the molecule is O=C(C=Cc1ccc(OCOP(=O)(O)O)cc1)c1ccc(O)cc1O. The van der Waals surface area contributed by atoms with Gasteiger partial charge in [-0.25, -0.2) is 9.09 Å². The van der Waals surface area contributed by atoms with Crippen molar-refractivity contribution in [3.63, 3.8) is 0 Å². The molecule has 0 saturated carbocycles. The highest BCUT2D eigenvalue weighted by Crippen LogP contribution is 2.35. The van der Waals surface area contributed by atoms with Crippen molar-refractivity contribution in [3.8, 4) is 17.2 Å². The maximum absolute atomic E-state index is 12.0. The number of carbonyl (C=O) groups is 1. The third-order valence-corrected chi connectivity index (χ3v) is 3.44. The lowest BCUT2D eigenvalue weighted by Gasteiger charge is -2.07. The molecule has 0 saturated heterocycles. The molecule has 25 heavy (non-hydrogen) atoms. The van der Waals surface area contributed by atoms with Crippen LogP contribution in [0.1, 0.15) is 15.9 Å². The normalized spacial score (nSPS) is 11.6. The van der Waals surface area contributed by atoms with E-state index in [1.54, 1.807) is 12.1 Å². The van der Waals surface area contributed by atoms with Crippen LogP contribution in [0.4, 0.5) is 0 Å². The number of rotatable bonds is 7. The lowest BCUT2D eigenvalue weighted by Crippen LogP contribution is -2.00. The van der Waals surface area contributed by atoms with E-state index in [4.69, 9.17) is 14.5 Å². The number of phosphoric ester groups is 1. The van der Waals surface area contributed by atoms with Gasteiger partial charge in [0.15, 0.2) is 12.6 Å². The van der Waals surface area contributed by atoms with Crippen LogP contribution in [0, 0.1) is 0 Å². The Kier molecular flexibility index (Phi) is 5.95. The molecule has 0 bridgehead atoms. The minimum atomic E-state index is -4.58. The van der Waals surface area contributed by atoms with Crippen LogP contribution in [0.2, 0.25) is 0 Å². The zero-order valence-electron chi connectivity index (χ0n) is 12.8. The molecule has 0 aliphatic heterocycles. The van der Waals surface area contributed by atoms with E-state index < -0.39 is 20.4 Å². The molecular weight excluding hydrogens is 351 g/mol. The Labute approximate surface area is 142 Å². The molecule has 0 atom stereocenters. The molecule has 0 heterocycles. The van der Waals surface area contributed by atoms with Gasteiger partial charge >= 0.3 is 7.82 Å². The first-order valence-corrected chi connectivity index (χ1v) is 8.45. The Balaban J connectivity index is 1.97. The van der Waals surface area contributed by atoms with Crippen molar-refractivity contribution in [2.75, 3.05) is 6.79 Å². The minimum absolute atomic E-state index is 0.0589. The zero-order chi connectivity index (χ0) is 18.4. The lowest BCUT2D eigenvalue weighted by molar-refractivity contribution is 0.0828. The third-order valence-electron chi connectivity index (χ3n) is 3.00. The molecule has 0 amide bonds. The Morgan fingerprint density at radius 1 is 1.08 bits per heavy atom. The van der Waals surface area contributed by atoms with Crippen LogP contribution < -0.4 is 4.74 Å². The van der Waals surface area contributed by atoms with E-state index in [1.807, 2.05) is 0 Å². The van der Waals surface area contributed by atoms with Crippen molar-refractivity contribution in [2.45, 2.75) is 0 Å². The topological polar surface area (TPSA) is 134 Å². The highest BCUT2D eigenvalue weighted by molar-refractivity contribution is 7.46. The molecule has 8 nitrogen and oxygen atoms in total. The summed E-state index contributed by atoms with van der Waals surface area (Å²) in [5, 5.41) is 18.8. The van der Waals surface area contributed by atoms with E-state index in [9.17, 15) is 19.6 Å². The van der Waals surface area contributed by atoms with Gasteiger partial charge in [0.05, 0.1) is 5.56 Å². The molecule has 4 N–H and O–H groups in total. The molecule has 0 spiro atoms. The number of benzene rings is 2. The second-order valence-corrected chi connectivity index (χ2v) is 6.09. The highest BCUT2D eigenvalue weighted by Gasteiger charge is 2.13. The van der Waals surface area contributed by atoms with Crippen LogP contribution >= 0.6 is 7.82 Å². The predicted molar refractivity (Wildman–Crippen MR) is 88.2 cm³/mol. The molecule has 0 unspecified atom stereocenters. The van der Waals surface area contributed by atoms with E-state index in [2.05, 4.69) is 4.52 Å². The first-order chi connectivity index (χ1) is 11.7. The number of phosphoric acid groups is 1. The van der Waals surface area contributed by atoms with Crippen molar-refractivity contribution in [3.05, 3.63) is 59.7 Å². The quantitative estimate of drug-likeness (QED) is 0.254. The maximum Gasteiger partial charge on any atom is 0.472 e. The fourth-order valence-electron chi connectivity index (χ4n) is 1.83. The molecule has 0 aromatic heterocycles. The standard InChI is InChI=1S/C16H15O8P/c17-12-4-7-14(16(19)9-12)15(18)8-3-11-1-5-13(6-2-11)23-10-24-25(20,21)22/h1-9,17,19H,10H2,(H2,20,21,22). The van der Waals surface area contributed by atoms with Gasteiger partial charge in [0.25, 0.3) is 0 Å². The van der Waals surface area contributed by atoms with E-state index >= 15 is 0 Å². The molecule has 0 radical (unpaired) electrons. The van der Waals surface area contributed by atoms with Crippen LogP contribution in [0.25, 0.3) is 6.08 Å². The predicted octanol–water partition coefficient (Wildman–Crippen LogP) is 2.44. The summed E-state index contributed by atoms with van der Waals surface area (Å²) >= 11 is 0. The van der Waals surface area contributed by atoms with Gasteiger partial charge in [-0.15, -0.1) is 0 Å². The van der Waals surface area contributed by atoms with E-state index in [0.29, 0.717) is 11.3 Å². The number of aromatic hydroxyl groups is 2. The summed E-state index contributed by atoms with van der Waals surface area (Å²) in [4.78, 5) is 29.1. The van der Waals surface area contributed by atoms with Gasteiger partial charge < -0.3 is 24.7 Å². The Bertz CT molecular complexity index is 823. The second kappa shape index (κ2) is 7.96. The van der Waals surface area contributed by atoms with Gasteiger partial charge in [0.1, 0.15) is 17.2 Å². The van der Waals surface area contributed by atoms with Gasteiger partial charge in [-0.1, -0.05) is 18.2 Å². The number of phenols is 2. The smallest absolute Gasteiger partial charge is 0.472 e. The maximum atomic E-state index is 12.0. The minimum Gasteiger partial charge on any atom is -0.508 e. The van der Waals surface area contributed by atoms with Crippen molar-refractivity contribution in [2.24, 2.45) is 0 Å². The molecule has 9 heteroatoms. The molecule has 2 aromatic carbocycles. The Morgan fingerprint density at radius 2 is 1.76 bits per heavy atom. The molecule has 0 aliphatic rings. The number of ketones is 1. The number of carbonyl (C=O) groups excluding carboxylic acids is 1. The largest absolute Gasteiger partial charge is 0.508 e. The molecule has 0 aliphatic carbocycles. The van der Waals surface area contributed by atoms with E-state index in [1.165, 1.54) is 36.4 Å². The van der Waals surface area contributed by atoms with Crippen molar-refractivity contribution < 1.29 is 38.6 Å². The van der Waals surface area contributed by atoms with Gasteiger partial charge in [-0.3, -0.25) is 4.79 Å². The fraction of sp³-hybridized carbons (Fsp3) is 0.0625. The summed E-state index contributed by atoms with van der Waals surface area (Å²) < 4.78 is 19.7. The summed E-state index contributed by atoms with van der Waals surface area (Å²) in [6, 6.07) is 9.99. The fourth-order valence-corrected chi connectivity index (χ4v) is 2.02. The van der Waals surface area contributed by atoms with Crippen molar-refractivity contribution >= 4 is 19.7 Å². The molecule has 0 fully saturated rings. The van der Waals surface area contributed by atoms with Crippen LogP contribution in [-0.2, 0) is 9.09 Å². The summed E-state index contributed by atoms with van der Waals surface area (Å²) in [7, 11) is -4.58. The first kappa shape index (κ1) is 18.7. The van der Waals surface area contributed by atoms with Crippen LogP contribution in [0.15, 0.2) is 48.5 Å². The summed E-state index contributed by atoms with van der Waals surface area (Å²) in [6.07, 6.45) is 2.78. The summed E-state index contributed by atoms with van der Waals surface area (Å²) in [5.41, 5.74) is 0.721. The summed E-state index contributed by atoms with van der Waals surface area (Å²) in [5.74, 6) is -0.569. The van der Waals surface area contributed by atoms with Gasteiger partial charge in [-0.05, 0) is 35.9 Å². The second-order valence-electron chi connectivity index (χ2n) is 4.85. The first-order valence-electron chi connectivity index (χ1n) is 6.92.